The molecule has 4 rings (SSSR count). The highest BCUT2D eigenvalue weighted by Gasteiger charge is 2.20. The van der Waals surface area contributed by atoms with Gasteiger partial charge in [0.15, 0.2) is 5.82 Å². The van der Waals surface area contributed by atoms with Crippen LogP contribution in [0.4, 0.5) is 0 Å². The van der Waals surface area contributed by atoms with Crippen molar-refractivity contribution in [2.24, 2.45) is 0 Å². The van der Waals surface area contributed by atoms with Crippen LogP contribution in [-0.2, 0) is 19.5 Å². The van der Waals surface area contributed by atoms with Gasteiger partial charge in [-0.2, -0.15) is 0 Å². The van der Waals surface area contributed by atoms with Crippen LogP contribution < -0.4 is 0 Å². The molecule has 0 aliphatic carbocycles. The number of imidazole rings is 1. The molecule has 0 spiro atoms. The summed E-state index contributed by atoms with van der Waals surface area (Å²) in [4.78, 5) is 27.1. The van der Waals surface area contributed by atoms with Crippen molar-refractivity contribution in [3.63, 3.8) is 0 Å². The van der Waals surface area contributed by atoms with E-state index >= 15 is 0 Å². The molecule has 23 heavy (non-hydrogen) atoms. The maximum atomic E-state index is 4.69. The molecule has 116 valence electrons. The van der Waals surface area contributed by atoms with Crippen molar-refractivity contribution in [1.82, 2.24) is 34.8 Å². The van der Waals surface area contributed by atoms with Crippen LogP contribution >= 0.6 is 0 Å². The highest BCUT2D eigenvalue weighted by atomic mass is 15.1. The van der Waals surface area contributed by atoms with Gasteiger partial charge in [0.2, 0.25) is 0 Å². The summed E-state index contributed by atoms with van der Waals surface area (Å²) in [6.07, 6.45) is 9.58. The third-order valence-electron chi connectivity index (χ3n) is 4.14. The summed E-state index contributed by atoms with van der Waals surface area (Å²) < 4.78 is 0. The van der Waals surface area contributed by atoms with Crippen molar-refractivity contribution >= 4 is 0 Å². The number of aryl methyl sites for hydroxylation is 1. The summed E-state index contributed by atoms with van der Waals surface area (Å²) in [5.74, 6) is 0.695. The largest absolute Gasteiger partial charge is 0.348 e. The molecule has 3 aromatic heterocycles. The van der Waals surface area contributed by atoms with Crippen LogP contribution in [0.15, 0.2) is 31.2 Å². The topological polar surface area (TPSA) is 83.5 Å². The minimum Gasteiger partial charge on any atom is -0.348 e. The van der Waals surface area contributed by atoms with Gasteiger partial charge in [-0.25, -0.2) is 24.9 Å². The molecule has 1 N–H and O–H groups in total. The number of fused-ring (bicyclic) bond motifs is 1. The Morgan fingerprint density at radius 1 is 1.17 bits per heavy atom. The van der Waals surface area contributed by atoms with E-state index in [2.05, 4.69) is 36.7 Å². The van der Waals surface area contributed by atoms with Crippen LogP contribution in [0.2, 0.25) is 0 Å². The fraction of sp³-hybridized carbons (Fsp3) is 0.312. The molecule has 0 saturated heterocycles. The molecule has 0 radical (unpaired) electrons. The van der Waals surface area contributed by atoms with E-state index < -0.39 is 0 Å². The predicted molar refractivity (Wildman–Crippen MR) is 84.2 cm³/mol. The van der Waals surface area contributed by atoms with Gasteiger partial charge in [-0.15, -0.1) is 0 Å². The first-order valence-electron chi connectivity index (χ1n) is 7.61. The molecular weight excluding hydrogens is 290 g/mol. The van der Waals surface area contributed by atoms with E-state index in [9.17, 15) is 0 Å². The van der Waals surface area contributed by atoms with Gasteiger partial charge in [0.1, 0.15) is 6.33 Å². The minimum absolute atomic E-state index is 0.695. The molecule has 0 atom stereocenters. The molecule has 0 bridgehead atoms. The lowest BCUT2D eigenvalue weighted by Gasteiger charge is -2.27. The monoisotopic (exact) mass is 307 g/mol. The van der Waals surface area contributed by atoms with E-state index in [1.807, 2.05) is 6.20 Å². The van der Waals surface area contributed by atoms with Crippen LogP contribution in [0.1, 0.15) is 22.6 Å². The predicted octanol–water partition coefficient (Wildman–Crippen LogP) is 1.52. The average molecular weight is 307 g/mol. The molecule has 4 heterocycles. The van der Waals surface area contributed by atoms with Crippen molar-refractivity contribution in [2.45, 2.75) is 26.4 Å². The van der Waals surface area contributed by atoms with Crippen molar-refractivity contribution in [3.8, 4) is 11.4 Å². The van der Waals surface area contributed by atoms with Gasteiger partial charge in [-0.05, 0) is 6.92 Å². The molecule has 0 fully saturated rings. The first-order valence-corrected chi connectivity index (χ1v) is 7.61. The lowest BCUT2D eigenvalue weighted by Crippen LogP contribution is -2.31. The summed E-state index contributed by atoms with van der Waals surface area (Å²) in [7, 11) is 0. The van der Waals surface area contributed by atoms with E-state index in [4.69, 9.17) is 4.98 Å². The summed E-state index contributed by atoms with van der Waals surface area (Å²) in [6, 6.07) is 0. The second-order valence-electron chi connectivity index (χ2n) is 5.73. The molecule has 1 aliphatic rings. The SMILES string of the molecule is Cc1[nH]cnc1CN1CCc2nc(-c3cncnc3)ncc2C1. The number of aromatic amines is 1. The van der Waals surface area contributed by atoms with Crippen LogP contribution in [0, 0.1) is 6.92 Å². The quantitative estimate of drug-likeness (QED) is 0.790. The smallest absolute Gasteiger partial charge is 0.162 e. The maximum absolute atomic E-state index is 4.69. The number of aromatic nitrogens is 6. The molecule has 0 saturated carbocycles. The van der Waals surface area contributed by atoms with Crippen molar-refractivity contribution in [2.75, 3.05) is 6.54 Å². The number of H-pyrrole nitrogens is 1. The highest BCUT2D eigenvalue weighted by molar-refractivity contribution is 5.52. The first kappa shape index (κ1) is 14.0. The normalized spacial score (nSPS) is 14.7. The lowest BCUT2D eigenvalue weighted by atomic mass is 10.1. The molecule has 7 nitrogen and oxygen atoms in total. The van der Waals surface area contributed by atoms with Crippen molar-refractivity contribution in [1.29, 1.82) is 0 Å². The molecule has 0 amide bonds. The Morgan fingerprint density at radius 3 is 2.83 bits per heavy atom. The van der Waals surface area contributed by atoms with E-state index in [1.54, 1.807) is 18.7 Å². The highest BCUT2D eigenvalue weighted by Crippen LogP contribution is 2.21. The fourth-order valence-electron chi connectivity index (χ4n) is 2.82. The van der Waals surface area contributed by atoms with E-state index in [0.29, 0.717) is 5.82 Å². The van der Waals surface area contributed by atoms with Gasteiger partial charge in [-0.1, -0.05) is 0 Å². The van der Waals surface area contributed by atoms with Crippen LogP contribution in [0.25, 0.3) is 11.4 Å². The molecular formula is C16H17N7. The van der Waals surface area contributed by atoms with Gasteiger partial charge in [0, 0.05) is 55.9 Å². The number of nitrogens with zero attached hydrogens (tertiary/aromatic N) is 6. The summed E-state index contributed by atoms with van der Waals surface area (Å²) in [6.45, 7) is 4.73. The summed E-state index contributed by atoms with van der Waals surface area (Å²) in [5.41, 5.74) is 5.39. The molecule has 0 aromatic carbocycles. The third-order valence-corrected chi connectivity index (χ3v) is 4.14. The Kier molecular flexibility index (Phi) is 3.55. The standard InChI is InChI=1S/C16H17N7/c1-11-15(21-10-20-11)8-23-3-2-14-13(7-23)6-19-16(22-14)12-4-17-9-18-5-12/h4-6,9-10H,2-3,7-8H2,1H3,(H,20,21). The second kappa shape index (κ2) is 5.85. The Morgan fingerprint density at radius 2 is 2.04 bits per heavy atom. The Balaban J connectivity index is 1.53. The third kappa shape index (κ3) is 2.83. The number of hydrogen-bond acceptors (Lipinski definition) is 6. The van der Waals surface area contributed by atoms with Crippen LogP contribution in [0.5, 0.6) is 0 Å². The average Bonchev–Trinajstić information content (AvgIpc) is 3.00. The number of rotatable bonds is 3. The van der Waals surface area contributed by atoms with E-state index in [1.165, 1.54) is 11.9 Å². The maximum Gasteiger partial charge on any atom is 0.162 e. The fourth-order valence-corrected chi connectivity index (χ4v) is 2.82. The van der Waals surface area contributed by atoms with Gasteiger partial charge in [-0.3, -0.25) is 4.90 Å². The lowest BCUT2D eigenvalue weighted by molar-refractivity contribution is 0.240. The zero-order valence-corrected chi connectivity index (χ0v) is 12.9. The molecule has 3 aromatic rings. The summed E-state index contributed by atoms with van der Waals surface area (Å²) in [5, 5.41) is 0. The molecule has 0 unspecified atom stereocenters. The molecule has 7 heteroatoms. The zero-order valence-electron chi connectivity index (χ0n) is 12.9. The van der Waals surface area contributed by atoms with E-state index in [0.717, 1.165) is 48.7 Å². The summed E-state index contributed by atoms with van der Waals surface area (Å²) >= 11 is 0. The van der Waals surface area contributed by atoms with Gasteiger partial charge >= 0.3 is 0 Å². The first-order chi connectivity index (χ1) is 11.3. The van der Waals surface area contributed by atoms with Gasteiger partial charge in [0.25, 0.3) is 0 Å². The van der Waals surface area contributed by atoms with Gasteiger partial charge < -0.3 is 4.98 Å². The Labute approximate surface area is 133 Å². The second-order valence-corrected chi connectivity index (χ2v) is 5.73. The van der Waals surface area contributed by atoms with Crippen LogP contribution in [0.3, 0.4) is 0 Å². The number of nitrogens with one attached hydrogen (secondary N) is 1. The Bertz CT molecular complexity index is 812. The van der Waals surface area contributed by atoms with Gasteiger partial charge in [0.05, 0.1) is 23.3 Å². The zero-order chi connectivity index (χ0) is 15.6. The van der Waals surface area contributed by atoms with Crippen molar-refractivity contribution in [3.05, 3.63) is 53.9 Å². The number of hydrogen-bond donors (Lipinski definition) is 1. The molecule has 1 aliphatic heterocycles. The van der Waals surface area contributed by atoms with E-state index in [-0.39, 0.29) is 0 Å². The minimum atomic E-state index is 0.695. The van der Waals surface area contributed by atoms with Crippen molar-refractivity contribution < 1.29 is 0 Å². The Hall–Kier alpha value is -2.67. The van der Waals surface area contributed by atoms with Crippen LogP contribution in [-0.4, -0.2) is 41.3 Å².